The zero-order valence-electron chi connectivity index (χ0n) is 19.3. The highest BCUT2D eigenvalue weighted by Gasteiger charge is 2.22. The smallest absolute Gasteiger partial charge is 0.317 e. The number of allylic oxidation sites excluding steroid dienone is 1. The number of carbonyl (C=O) groups excluding carboxylic acids is 1. The summed E-state index contributed by atoms with van der Waals surface area (Å²) < 4.78 is 5.80. The highest BCUT2D eigenvalue weighted by atomic mass is 32.2. The Labute approximate surface area is 208 Å². The Morgan fingerprint density at radius 1 is 1.11 bits per heavy atom. The minimum Gasteiger partial charge on any atom is -0.459 e. The molecular formula is C26H24N6O2S. The van der Waals surface area contributed by atoms with E-state index in [1.807, 2.05) is 53.4 Å². The molecule has 0 bridgehead atoms. The number of hydrogen-bond donors (Lipinski definition) is 1. The van der Waals surface area contributed by atoms with Gasteiger partial charge in [-0.15, -0.1) is 0 Å². The number of benzene rings is 2. The van der Waals surface area contributed by atoms with Gasteiger partial charge in [0.05, 0.1) is 16.4 Å². The van der Waals surface area contributed by atoms with Crippen molar-refractivity contribution in [2.24, 2.45) is 0 Å². The van der Waals surface area contributed by atoms with Crippen molar-refractivity contribution in [3.8, 4) is 12.1 Å². The summed E-state index contributed by atoms with van der Waals surface area (Å²) >= 11 is 1.51. The molecule has 1 aromatic heterocycles. The summed E-state index contributed by atoms with van der Waals surface area (Å²) in [5.41, 5.74) is 3.47. The largest absolute Gasteiger partial charge is 0.459 e. The fourth-order valence-corrected chi connectivity index (χ4v) is 4.90. The number of thioether (sulfide) groups is 1. The van der Waals surface area contributed by atoms with E-state index in [4.69, 9.17) is 4.74 Å². The number of likely N-dealkylation sites (N-methyl/N-ethyl adjacent to an activating group) is 1. The van der Waals surface area contributed by atoms with E-state index in [0.717, 1.165) is 47.4 Å². The molecule has 1 amide bonds. The Balaban J connectivity index is 1.24. The second-order valence-electron chi connectivity index (χ2n) is 8.34. The Hall–Kier alpha value is -3.87. The number of ether oxygens (including phenoxy) is 1. The van der Waals surface area contributed by atoms with Crippen LogP contribution in [0, 0.1) is 11.3 Å². The molecule has 0 radical (unpaired) electrons. The summed E-state index contributed by atoms with van der Waals surface area (Å²) in [6, 6.07) is 19.5. The Morgan fingerprint density at radius 2 is 1.89 bits per heavy atom. The predicted octanol–water partition coefficient (Wildman–Crippen LogP) is 3.85. The van der Waals surface area contributed by atoms with Gasteiger partial charge in [-0.3, -0.25) is 4.79 Å². The number of fused-ring (bicyclic) bond motifs is 1. The number of nitrogens with zero attached hydrogens (tertiary/aromatic N) is 5. The van der Waals surface area contributed by atoms with Crippen LogP contribution in [0.5, 0.6) is 6.01 Å². The van der Waals surface area contributed by atoms with Crippen LogP contribution in [0.2, 0.25) is 0 Å². The van der Waals surface area contributed by atoms with Gasteiger partial charge in [-0.05, 0) is 42.9 Å². The summed E-state index contributed by atoms with van der Waals surface area (Å²) in [5.74, 6) is 0.0548. The molecule has 1 saturated heterocycles. The molecule has 0 unspecified atom stereocenters. The number of amides is 1. The number of piperazine rings is 1. The van der Waals surface area contributed by atoms with E-state index in [1.165, 1.54) is 11.8 Å². The van der Waals surface area contributed by atoms with Crippen molar-refractivity contribution >= 4 is 28.9 Å². The lowest BCUT2D eigenvalue weighted by atomic mass is 10.1. The van der Waals surface area contributed by atoms with Gasteiger partial charge in [-0.1, -0.05) is 36.0 Å². The Bertz CT molecular complexity index is 1280. The molecule has 176 valence electrons. The first-order valence-corrected chi connectivity index (χ1v) is 12.1. The van der Waals surface area contributed by atoms with E-state index in [-0.39, 0.29) is 18.5 Å². The molecule has 3 aromatic rings. The van der Waals surface area contributed by atoms with Gasteiger partial charge in [0.2, 0.25) is 0 Å². The van der Waals surface area contributed by atoms with Crippen LogP contribution in [-0.4, -0.2) is 58.9 Å². The SMILES string of the molecule is CN1CCN(C(=O)c2ccc(COc3nccc(/C(C#N)=C4\Nc5ccccc5S4)n3)cc2)CC1. The summed E-state index contributed by atoms with van der Waals surface area (Å²) in [7, 11) is 2.07. The second kappa shape index (κ2) is 10.2. The predicted molar refractivity (Wildman–Crippen MR) is 135 cm³/mol. The normalized spacial score (nSPS) is 16.7. The van der Waals surface area contributed by atoms with Crippen molar-refractivity contribution < 1.29 is 9.53 Å². The average molecular weight is 485 g/mol. The van der Waals surface area contributed by atoms with Crippen LogP contribution in [-0.2, 0) is 6.61 Å². The molecule has 5 rings (SSSR count). The maximum Gasteiger partial charge on any atom is 0.317 e. The van der Waals surface area contributed by atoms with Crippen molar-refractivity contribution in [1.82, 2.24) is 19.8 Å². The van der Waals surface area contributed by atoms with Crippen molar-refractivity contribution in [3.05, 3.63) is 82.6 Å². The second-order valence-corrected chi connectivity index (χ2v) is 9.40. The number of nitriles is 1. The number of para-hydroxylation sites is 1. The summed E-state index contributed by atoms with van der Waals surface area (Å²) in [4.78, 5) is 26.5. The molecule has 0 saturated carbocycles. The minimum atomic E-state index is 0.0548. The van der Waals surface area contributed by atoms with Crippen LogP contribution in [0.25, 0.3) is 5.57 Å². The van der Waals surface area contributed by atoms with E-state index in [1.54, 1.807) is 12.3 Å². The number of hydrogen-bond acceptors (Lipinski definition) is 8. The van der Waals surface area contributed by atoms with Gasteiger partial charge in [-0.2, -0.15) is 10.2 Å². The third kappa shape index (κ3) is 5.14. The molecule has 2 aliphatic rings. The average Bonchev–Trinajstić information content (AvgIpc) is 3.32. The molecule has 1 N–H and O–H groups in total. The molecule has 8 nitrogen and oxygen atoms in total. The standard InChI is InChI=1S/C26H24N6O2S/c1-31-12-14-32(15-13-31)25(33)19-8-6-18(7-9-19)17-34-26-28-11-10-21(30-26)20(16-27)24-29-22-4-2-3-5-23(22)35-24/h2-11,29H,12-15,17H2,1H3/b24-20+. The molecule has 1 fully saturated rings. The van der Waals surface area contributed by atoms with Gasteiger partial charge in [-0.25, -0.2) is 4.98 Å². The fourth-order valence-electron chi connectivity index (χ4n) is 3.89. The van der Waals surface area contributed by atoms with Crippen LogP contribution in [0.1, 0.15) is 21.6 Å². The first-order chi connectivity index (χ1) is 17.1. The molecule has 0 aliphatic carbocycles. The first kappa shape index (κ1) is 22.9. The maximum absolute atomic E-state index is 12.7. The molecule has 35 heavy (non-hydrogen) atoms. The molecule has 2 aromatic carbocycles. The Morgan fingerprint density at radius 3 is 2.63 bits per heavy atom. The van der Waals surface area contributed by atoms with Gasteiger partial charge in [0.15, 0.2) is 0 Å². The van der Waals surface area contributed by atoms with Crippen molar-refractivity contribution in [3.63, 3.8) is 0 Å². The topological polar surface area (TPSA) is 94.4 Å². The van der Waals surface area contributed by atoms with E-state index in [0.29, 0.717) is 16.8 Å². The number of rotatable bonds is 5. The lowest BCUT2D eigenvalue weighted by Gasteiger charge is -2.32. The summed E-state index contributed by atoms with van der Waals surface area (Å²) in [5, 5.41) is 13.8. The van der Waals surface area contributed by atoms with Gasteiger partial charge < -0.3 is 19.9 Å². The molecule has 9 heteroatoms. The third-order valence-electron chi connectivity index (χ3n) is 5.94. The molecule has 3 heterocycles. The van der Waals surface area contributed by atoms with Crippen molar-refractivity contribution in [2.75, 3.05) is 38.5 Å². The fraction of sp³-hybridized carbons (Fsp3) is 0.231. The molecule has 0 atom stereocenters. The van der Waals surface area contributed by atoms with Gasteiger partial charge in [0, 0.05) is 42.8 Å². The van der Waals surface area contributed by atoms with Crippen LogP contribution < -0.4 is 10.1 Å². The number of carbonyl (C=O) groups is 1. The van der Waals surface area contributed by atoms with Crippen molar-refractivity contribution in [1.29, 1.82) is 5.26 Å². The number of aromatic nitrogens is 2. The van der Waals surface area contributed by atoms with E-state index in [2.05, 4.69) is 33.3 Å². The minimum absolute atomic E-state index is 0.0548. The number of anilines is 1. The van der Waals surface area contributed by atoms with E-state index in [9.17, 15) is 10.1 Å². The summed E-state index contributed by atoms with van der Waals surface area (Å²) in [6.45, 7) is 3.53. The molecular weight excluding hydrogens is 460 g/mol. The van der Waals surface area contributed by atoms with Gasteiger partial charge in [0.1, 0.15) is 18.2 Å². The van der Waals surface area contributed by atoms with Crippen LogP contribution in [0.3, 0.4) is 0 Å². The maximum atomic E-state index is 12.7. The van der Waals surface area contributed by atoms with Crippen LogP contribution in [0.4, 0.5) is 5.69 Å². The van der Waals surface area contributed by atoms with Gasteiger partial charge >= 0.3 is 6.01 Å². The lowest BCUT2D eigenvalue weighted by Crippen LogP contribution is -2.47. The quantitative estimate of drug-likeness (QED) is 0.546. The molecule has 0 spiro atoms. The zero-order valence-corrected chi connectivity index (χ0v) is 20.1. The zero-order chi connectivity index (χ0) is 24.2. The van der Waals surface area contributed by atoms with E-state index >= 15 is 0 Å². The highest BCUT2D eigenvalue weighted by Crippen LogP contribution is 2.43. The van der Waals surface area contributed by atoms with Crippen LogP contribution in [0.15, 0.2) is 70.7 Å². The first-order valence-electron chi connectivity index (χ1n) is 11.3. The lowest BCUT2D eigenvalue weighted by molar-refractivity contribution is 0.0664. The molecule has 2 aliphatic heterocycles. The van der Waals surface area contributed by atoms with E-state index < -0.39 is 0 Å². The number of nitrogens with one attached hydrogen (secondary N) is 1. The summed E-state index contributed by atoms with van der Waals surface area (Å²) in [6.07, 6.45) is 1.58. The van der Waals surface area contributed by atoms with Crippen LogP contribution >= 0.6 is 11.8 Å². The van der Waals surface area contributed by atoms with Gasteiger partial charge in [0.25, 0.3) is 5.91 Å². The highest BCUT2D eigenvalue weighted by molar-refractivity contribution is 8.04. The monoisotopic (exact) mass is 484 g/mol. The third-order valence-corrected chi connectivity index (χ3v) is 7.02. The Kier molecular flexibility index (Phi) is 6.66. The van der Waals surface area contributed by atoms with Crippen molar-refractivity contribution in [2.45, 2.75) is 11.5 Å².